The van der Waals surface area contributed by atoms with E-state index in [1.54, 1.807) is 29.2 Å². The predicted molar refractivity (Wildman–Crippen MR) is 114 cm³/mol. The normalized spacial score (nSPS) is 19.6. The summed E-state index contributed by atoms with van der Waals surface area (Å²) in [5.41, 5.74) is 3.93. The molecule has 1 aliphatic heterocycles. The van der Waals surface area contributed by atoms with Gasteiger partial charge in [-0.3, -0.25) is 4.40 Å². The third-order valence-electron chi connectivity index (χ3n) is 5.89. The lowest BCUT2D eigenvalue weighted by Crippen LogP contribution is -2.10. The molecule has 1 N–H and O–H groups in total. The number of nitrogens with zero attached hydrogens (tertiary/aromatic N) is 4. The lowest BCUT2D eigenvalue weighted by molar-refractivity contribution is 0.318. The Morgan fingerprint density at radius 2 is 2.10 bits per heavy atom. The standard InChI is InChI=1S/C22H18FN5O2S/c1-31(29)13-4-2-12(3-5-13)15-9-24-22(28-11-26-27-21(15)28)25-10-16-17(23)6-7-18-20(16)14-8-19(14)30-18/h2-7,9,11,14,19H,8,10H2,1H3,(H,24,25). The van der Waals surface area contributed by atoms with Gasteiger partial charge in [0.05, 0.1) is 0 Å². The summed E-state index contributed by atoms with van der Waals surface area (Å²) in [7, 11) is 0. The number of hydrogen-bond acceptors (Lipinski definition) is 6. The average Bonchev–Trinajstić information content (AvgIpc) is 3.19. The van der Waals surface area contributed by atoms with Crippen LogP contribution in [0.25, 0.3) is 16.8 Å². The van der Waals surface area contributed by atoms with E-state index in [-0.39, 0.29) is 18.5 Å². The van der Waals surface area contributed by atoms with E-state index < -0.39 is 11.2 Å². The predicted octanol–water partition coefficient (Wildman–Crippen LogP) is 3.53. The monoisotopic (exact) mass is 435 g/mol. The molecule has 4 aromatic rings. The minimum atomic E-state index is -1.04. The highest BCUT2D eigenvalue weighted by molar-refractivity contribution is 7.90. The van der Waals surface area contributed by atoms with Crippen molar-refractivity contribution in [1.82, 2.24) is 19.6 Å². The molecule has 1 fully saturated rings. The van der Waals surface area contributed by atoms with Gasteiger partial charge in [-0.1, -0.05) is 0 Å². The number of halogens is 1. The molecule has 2 aromatic heterocycles. The van der Waals surface area contributed by atoms with Crippen LogP contribution >= 0.6 is 0 Å². The second-order valence-corrected chi connectivity index (χ2v) is 9.17. The summed E-state index contributed by atoms with van der Waals surface area (Å²) in [6.45, 7) is 0.290. The molecule has 1 saturated carbocycles. The minimum absolute atomic E-state index is 0.203. The SMILES string of the molecule is C[S+]([O-])c1ccc(-c2cnc(NCc3c(F)ccc4c3C3CC3O4)n3cnnc23)cc1. The molecule has 31 heavy (non-hydrogen) atoms. The number of aromatic nitrogens is 4. The Hall–Kier alpha value is -3.17. The van der Waals surface area contributed by atoms with Gasteiger partial charge in [-0.15, -0.1) is 10.2 Å². The maximum atomic E-state index is 14.6. The summed E-state index contributed by atoms with van der Waals surface area (Å²) in [5.74, 6) is 1.37. The van der Waals surface area contributed by atoms with Crippen molar-refractivity contribution in [1.29, 1.82) is 0 Å². The first kappa shape index (κ1) is 18.6. The van der Waals surface area contributed by atoms with Crippen LogP contribution in [0.4, 0.5) is 10.3 Å². The van der Waals surface area contributed by atoms with Gasteiger partial charge >= 0.3 is 0 Å². The van der Waals surface area contributed by atoms with Gasteiger partial charge in [0.2, 0.25) is 5.95 Å². The Balaban J connectivity index is 1.32. The third kappa shape index (κ3) is 3.03. The van der Waals surface area contributed by atoms with Crippen LogP contribution in [-0.4, -0.2) is 36.5 Å². The summed E-state index contributed by atoms with van der Waals surface area (Å²) >= 11 is -1.04. The van der Waals surface area contributed by atoms with Crippen molar-refractivity contribution < 1.29 is 13.7 Å². The fourth-order valence-corrected chi connectivity index (χ4v) is 4.74. The molecule has 0 bridgehead atoms. The first-order valence-corrected chi connectivity index (χ1v) is 11.5. The summed E-state index contributed by atoms with van der Waals surface area (Å²) in [6, 6.07) is 10.6. The molecular weight excluding hydrogens is 417 g/mol. The van der Waals surface area contributed by atoms with E-state index in [9.17, 15) is 8.94 Å². The van der Waals surface area contributed by atoms with Crippen molar-refractivity contribution >= 4 is 22.8 Å². The van der Waals surface area contributed by atoms with Crippen LogP contribution in [0.15, 0.2) is 53.8 Å². The van der Waals surface area contributed by atoms with E-state index in [4.69, 9.17) is 4.74 Å². The average molecular weight is 435 g/mol. The van der Waals surface area contributed by atoms with Crippen molar-refractivity contribution in [3.05, 3.63) is 65.9 Å². The Morgan fingerprint density at radius 1 is 1.26 bits per heavy atom. The van der Waals surface area contributed by atoms with E-state index >= 15 is 0 Å². The van der Waals surface area contributed by atoms with Gasteiger partial charge in [-0.25, -0.2) is 9.37 Å². The van der Waals surface area contributed by atoms with Crippen LogP contribution in [0, 0.1) is 5.82 Å². The topological polar surface area (TPSA) is 87.4 Å². The number of nitrogens with one attached hydrogen (secondary N) is 1. The zero-order valence-corrected chi connectivity index (χ0v) is 17.4. The smallest absolute Gasteiger partial charge is 0.210 e. The molecule has 2 aliphatic rings. The highest BCUT2D eigenvalue weighted by Crippen LogP contribution is 2.55. The lowest BCUT2D eigenvalue weighted by atomic mass is 10.0. The van der Waals surface area contributed by atoms with E-state index in [0.29, 0.717) is 23.1 Å². The van der Waals surface area contributed by atoms with Crippen LogP contribution in [0.1, 0.15) is 23.5 Å². The number of rotatable bonds is 5. The molecule has 9 heteroatoms. The van der Waals surface area contributed by atoms with Crippen molar-refractivity contribution in [3.8, 4) is 16.9 Å². The maximum Gasteiger partial charge on any atom is 0.210 e. The van der Waals surface area contributed by atoms with Crippen molar-refractivity contribution in [2.45, 2.75) is 29.9 Å². The molecule has 0 spiro atoms. The molecule has 1 aliphatic carbocycles. The quantitative estimate of drug-likeness (QED) is 0.483. The van der Waals surface area contributed by atoms with E-state index in [0.717, 1.165) is 33.8 Å². The largest absolute Gasteiger partial charge is 0.612 e. The Bertz CT molecular complexity index is 1310. The second-order valence-electron chi connectivity index (χ2n) is 7.79. The van der Waals surface area contributed by atoms with Crippen molar-refractivity contribution in [2.24, 2.45) is 0 Å². The van der Waals surface area contributed by atoms with E-state index in [1.807, 2.05) is 24.3 Å². The zero-order valence-electron chi connectivity index (χ0n) is 16.6. The zero-order chi connectivity index (χ0) is 21.1. The molecule has 0 saturated heterocycles. The van der Waals surface area contributed by atoms with Crippen LogP contribution in [0.2, 0.25) is 0 Å². The van der Waals surface area contributed by atoms with Crippen molar-refractivity contribution in [2.75, 3.05) is 11.6 Å². The molecule has 3 unspecified atom stereocenters. The second kappa shape index (κ2) is 6.93. The van der Waals surface area contributed by atoms with Crippen LogP contribution in [-0.2, 0) is 17.7 Å². The van der Waals surface area contributed by atoms with Gasteiger partial charge in [0.1, 0.15) is 30.3 Å². The van der Waals surface area contributed by atoms with Gasteiger partial charge in [-0.05, 0) is 59.6 Å². The first-order chi connectivity index (χ1) is 15.1. The molecule has 6 rings (SSSR count). The fraction of sp³-hybridized carbons (Fsp3) is 0.227. The molecule has 7 nitrogen and oxygen atoms in total. The fourth-order valence-electron chi connectivity index (χ4n) is 4.22. The third-order valence-corrected chi connectivity index (χ3v) is 6.83. The Morgan fingerprint density at radius 3 is 2.90 bits per heavy atom. The summed E-state index contributed by atoms with van der Waals surface area (Å²) < 4.78 is 33.8. The minimum Gasteiger partial charge on any atom is -0.612 e. The molecule has 0 radical (unpaired) electrons. The molecule has 156 valence electrons. The number of anilines is 1. The first-order valence-electron chi connectivity index (χ1n) is 9.94. The number of ether oxygens (including phenoxy) is 1. The Kier molecular flexibility index (Phi) is 4.15. The van der Waals surface area contributed by atoms with Gasteiger partial charge in [0.25, 0.3) is 0 Å². The summed E-state index contributed by atoms with van der Waals surface area (Å²) in [4.78, 5) is 5.30. The van der Waals surface area contributed by atoms with Crippen LogP contribution in [0.3, 0.4) is 0 Å². The van der Waals surface area contributed by atoms with E-state index in [2.05, 4.69) is 20.5 Å². The molecule has 2 aromatic carbocycles. The molecular formula is C22H18FN5O2S. The number of benzene rings is 2. The van der Waals surface area contributed by atoms with Crippen molar-refractivity contribution in [3.63, 3.8) is 0 Å². The maximum absolute atomic E-state index is 14.6. The Labute approximate surface area is 180 Å². The number of fused-ring (bicyclic) bond motifs is 4. The van der Waals surface area contributed by atoms with Crippen LogP contribution in [0.5, 0.6) is 5.75 Å². The molecule has 3 atom stereocenters. The van der Waals surface area contributed by atoms with Gasteiger partial charge in [0.15, 0.2) is 10.5 Å². The van der Waals surface area contributed by atoms with Crippen LogP contribution < -0.4 is 10.1 Å². The van der Waals surface area contributed by atoms with E-state index in [1.165, 1.54) is 6.07 Å². The highest BCUT2D eigenvalue weighted by Gasteiger charge is 2.49. The lowest BCUT2D eigenvalue weighted by Gasteiger charge is -2.14. The molecule has 3 heterocycles. The molecule has 0 amide bonds. The summed E-state index contributed by atoms with van der Waals surface area (Å²) in [6.07, 6.45) is 6.10. The van der Waals surface area contributed by atoms with Gasteiger partial charge in [0, 0.05) is 35.3 Å². The highest BCUT2D eigenvalue weighted by atomic mass is 32.2. The van der Waals surface area contributed by atoms with Gasteiger partial charge < -0.3 is 14.6 Å². The summed E-state index contributed by atoms with van der Waals surface area (Å²) in [5, 5.41) is 11.5. The van der Waals surface area contributed by atoms with Gasteiger partial charge in [-0.2, -0.15) is 0 Å². The number of hydrogen-bond donors (Lipinski definition) is 1.